The smallest absolute Gasteiger partial charge is 0.169 e. The highest BCUT2D eigenvalue weighted by atomic mass is 16.6. The zero-order valence-electron chi connectivity index (χ0n) is 31.1. The molecule has 4 atom stereocenters. The largest absolute Gasteiger partial charge is 0.478 e. The lowest BCUT2D eigenvalue weighted by Crippen LogP contribution is -2.42. The number of ether oxygens (including phenoxy) is 2. The molecule has 2 heteroatoms. The van der Waals surface area contributed by atoms with Crippen molar-refractivity contribution < 1.29 is 9.47 Å². The number of para-hydroxylation sites is 1. The molecule has 0 amide bonds. The molecule has 266 valence electrons. The van der Waals surface area contributed by atoms with E-state index in [0.717, 1.165) is 42.7 Å². The predicted molar refractivity (Wildman–Crippen MR) is 221 cm³/mol. The minimum atomic E-state index is -0.467. The SMILES string of the molecule is CC(C)(C1=CCC(C2=CCCC=C2)C=C1)C1CC=CC=C1c1cccc2c1OC1C=CC3=C(c4ccccc4C3(c3ccccc3)c3ccccc3)C1O2. The lowest BCUT2D eigenvalue weighted by atomic mass is 9.64. The van der Waals surface area contributed by atoms with Crippen LogP contribution in [0.5, 0.6) is 11.5 Å². The molecule has 54 heavy (non-hydrogen) atoms. The Morgan fingerprint density at radius 2 is 1.43 bits per heavy atom. The van der Waals surface area contributed by atoms with E-state index in [9.17, 15) is 0 Å². The Labute approximate surface area is 319 Å². The molecule has 6 aliphatic rings. The Bertz CT molecular complexity index is 2340. The molecule has 4 unspecified atom stereocenters. The zero-order chi connectivity index (χ0) is 36.3. The van der Waals surface area contributed by atoms with Gasteiger partial charge < -0.3 is 9.47 Å². The second kappa shape index (κ2) is 13.1. The van der Waals surface area contributed by atoms with Gasteiger partial charge >= 0.3 is 0 Å². The van der Waals surface area contributed by atoms with Crippen LogP contribution in [0, 0.1) is 17.3 Å². The molecule has 0 radical (unpaired) electrons. The van der Waals surface area contributed by atoms with Crippen LogP contribution in [0.4, 0.5) is 0 Å². The molecule has 0 aromatic heterocycles. The number of hydrogen-bond acceptors (Lipinski definition) is 2. The summed E-state index contributed by atoms with van der Waals surface area (Å²) in [5.41, 5.74) is 12.3. The molecule has 0 saturated carbocycles. The first kappa shape index (κ1) is 33.0. The van der Waals surface area contributed by atoms with E-state index in [1.165, 1.54) is 50.1 Å². The molecule has 5 aliphatic carbocycles. The standard InChI is InChI=1S/C52H46O2/c1-51(2,37-31-29-36(30-32-37)35-17-6-3-7-18-35)43-26-14-12-23-40(43)41-25-16-28-46-49(41)53-47-34-33-45-48(50(47)54-46)42-24-13-15-27-44(42)52(45,38-19-8-4-9-20-38)39-21-10-5-11-22-39/h4-6,8-25,27-29,31-34,36,43,47,50H,3,7,26,30H2,1-2H3. The lowest BCUT2D eigenvalue weighted by Gasteiger charge is -2.42. The van der Waals surface area contributed by atoms with Crippen molar-refractivity contribution in [1.82, 2.24) is 0 Å². The summed E-state index contributed by atoms with van der Waals surface area (Å²) in [6.07, 6.45) is 29.6. The topological polar surface area (TPSA) is 18.5 Å². The Kier molecular flexibility index (Phi) is 7.98. The lowest BCUT2D eigenvalue weighted by molar-refractivity contribution is 0.0806. The van der Waals surface area contributed by atoms with Gasteiger partial charge in [0.2, 0.25) is 0 Å². The van der Waals surface area contributed by atoms with E-state index in [1.807, 2.05) is 0 Å². The maximum absolute atomic E-state index is 7.20. The van der Waals surface area contributed by atoms with Gasteiger partial charge in [0.25, 0.3) is 0 Å². The van der Waals surface area contributed by atoms with Gasteiger partial charge in [0.15, 0.2) is 23.7 Å². The van der Waals surface area contributed by atoms with Crippen molar-refractivity contribution in [3.63, 3.8) is 0 Å². The van der Waals surface area contributed by atoms with E-state index < -0.39 is 5.41 Å². The van der Waals surface area contributed by atoms with Crippen LogP contribution in [0.15, 0.2) is 187 Å². The van der Waals surface area contributed by atoms with Gasteiger partial charge in [-0.05, 0) is 93.7 Å². The summed E-state index contributed by atoms with van der Waals surface area (Å²) in [7, 11) is 0. The van der Waals surface area contributed by atoms with Crippen LogP contribution in [-0.2, 0) is 5.41 Å². The third-order valence-electron chi connectivity index (χ3n) is 12.9. The quantitative estimate of drug-likeness (QED) is 0.199. The molecule has 4 aromatic carbocycles. The van der Waals surface area contributed by atoms with Crippen LogP contribution in [0.2, 0.25) is 0 Å². The van der Waals surface area contributed by atoms with Gasteiger partial charge in [-0.3, -0.25) is 0 Å². The summed E-state index contributed by atoms with van der Waals surface area (Å²) in [5.74, 6) is 2.42. The second-order valence-electron chi connectivity index (χ2n) is 16.1. The summed E-state index contributed by atoms with van der Waals surface area (Å²) in [6, 6.07) is 37.3. The highest BCUT2D eigenvalue weighted by molar-refractivity contribution is 5.91. The summed E-state index contributed by atoms with van der Waals surface area (Å²) in [5, 5.41) is 0. The molecule has 0 saturated heterocycles. The first-order valence-electron chi connectivity index (χ1n) is 19.8. The van der Waals surface area contributed by atoms with Crippen LogP contribution in [0.1, 0.15) is 67.3 Å². The van der Waals surface area contributed by atoms with Crippen LogP contribution >= 0.6 is 0 Å². The normalized spacial score (nSPS) is 24.6. The molecule has 0 N–H and O–H groups in total. The minimum absolute atomic E-state index is 0.0775. The molecule has 4 aromatic rings. The fourth-order valence-electron chi connectivity index (χ4n) is 10.2. The van der Waals surface area contributed by atoms with Crippen molar-refractivity contribution in [3.8, 4) is 11.5 Å². The van der Waals surface area contributed by atoms with Crippen molar-refractivity contribution in [2.45, 2.75) is 57.2 Å². The number of hydrogen-bond donors (Lipinski definition) is 0. The zero-order valence-corrected chi connectivity index (χ0v) is 31.1. The molecule has 1 heterocycles. The van der Waals surface area contributed by atoms with Crippen molar-refractivity contribution in [2.75, 3.05) is 0 Å². The van der Waals surface area contributed by atoms with E-state index in [4.69, 9.17) is 9.47 Å². The molecule has 1 aliphatic heterocycles. The monoisotopic (exact) mass is 702 g/mol. The minimum Gasteiger partial charge on any atom is -0.478 e. The predicted octanol–water partition coefficient (Wildman–Crippen LogP) is 12.3. The molecule has 10 rings (SSSR count). The third kappa shape index (κ3) is 5.07. The summed E-state index contributed by atoms with van der Waals surface area (Å²) in [4.78, 5) is 0. The molecule has 0 spiro atoms. The van der Waals surface area contributed by atoms with Crippen molar-refractivity contribution >= 4 is 11.1 Å². The molecular weight excluding hydrogens is 657 g/mol. The molecule has 0 bridgehead atoms. The van der Waals surface area contributed by atoms with E-state index in [-0.39, 0.29) is 23.5 Å². The van der Waals surface area contributed by atoms with Gasteiger partial charge in [0, 0.05) is 17.1 Å². The van der Waals surface area contributed by atoms with E-state index in [1.54, 1.807) is 0 Å². The highest BCUT2D eigenvalue weighted by Crippen LogP contribution is 2.59. The summed E-state index contributed by atoms with van der Waals surface area (Å²) >= 11 is 0. The number of allylic oxidation sites excluding steroid dienone is 14. The Balaban J connectivity index is 1.02. The van der Waals surface area contributed by atoms with Crippen molar-refractivity contribution in [1.29, 1.82) is 0 Å². The van der Waals surface area contributed by atoms with Gasteiger partial charge in [-0.2, -0.15) is 0 Å². The van der Waals surface area contributed by atoms with Crippen LogP contribution in [-0.4, -0.2) is 12.2 Å². The van der Waals surface area contributed by atoms with Gasteiger partial charge in [0.05, 0.1) is 5.41 Å². The average molecular weight is 703 g/mol. The maximum atomic E-state index is 7.20. The second-order valence-corrected chi connectivity index (χ2v) is 16.1. The van der Waals surface area contributed by atoms with Gasteiger partial charge in [-0.25, -0.2) is 0 Å². The molecular formula is C52H46O2. The summed E-state index contributed by atoms with van der Waals surface area (Å²) in [6.45, 7) is 4.84. The van der Waals surface area contributed by atoms with E-state index >= 15 is 0 Å². The van der Waals surface area contributed by atoms with E-state index in [2.05, 4.69) is 184 Å². The van der Waals surface area contributed by atoms with Gasteiger partial charge in [0.1, 0.15) is 0 Å². The molecule has 2 nitrogen and oxygen atoms in total. The number of fused-ring (bicyclic) bond motifs is 5. The Hall–Kier alpha value is -5.60. The number of rotatable bonds is 6. The van der Waals surface area contributed by atoms with Crippen LogP contribution in [0.3, 0.4) is 0 Å². The summed E-state index contributed by atoms with van der Waals surface area (Å²) < 4.78 is 14.4. The molecule has 0 fully saturated rings. The van der Waals surface area contributed by atoms with Crippen molar-refractivity contribution in [3.05, 3.63) is 215 Å². The Morgan fingerprint density at radius 1 is 0.667 bits per heavy atom. The van der Waals surface area contributed by atoms with Gasteiger partial charge in [-0.1, -0.05) is 172 Å². The maximum Gasteiger partial charge on any atom is 0.169 e. The van der Waals surface area contributed by atoms with Crippen LogP contribution < -0.4 is 9.47 Å². The van der Waals surface area contributed by atoms with E-state index in [0.29, 0.717) is 5.92 Å². The first-order valence-corrected chi connectivity index (χ1v) is 19.8. The highest BCUT2D eigenvalue weighted by Gasteiger charge is 2.52. The first-order chi connectivity index (χ1) is 26.5. The van der Waals surface area contributed by atoms with Gasteiger partial charge in [-0.15, -0.1) is 0 Å². The fourth-order valence-corrected chi connectivity index (χ4v) is 10.2. The fraction of sp³-hybridized carbons (Fsp3) is 0.231. The van der Waals surface area contributed by atoms with Crippen LogP contribution in [0.25, 0.3) is 11.1 Å². The van der Waals surface area contributed by atoms with Crippen molar-refractivity contribution in [2.24, 2.45) is 17.3 Å². The average Bonchev–Trinajstić information content (AvgIpc) is 3.55. The number of benzene rings is 4. The Morgan fingerprint density at radius 3 is 2.17 bits per heavy atom. The third-order valence-corrected chi connectivity index (χ3v) is 12.9.